The second kappa shape index (κ2) is 5.84. The van der Waals surface area contributed by atoms with Crippen LogP contribution in [0.2, 0.25) is 0 Å². The molecule has 0 heterocycles. The second-order valence-corrected chi connectivity index (χ2v) is 4.05. The lowest BCUT2D eigenvalue weighted by Gasteiger charge is -2.29. The van der Waals surface area contributed by atoms with Crippen molar-refractivity contribution in [2.45, 2.75) is 56.8 Å². The van der Waals surface area contributed by atoms with E-state index in [1.165, 1.54) is 7.11 Å². The van der Waals surface area contributed by atoms with Crippen LogP contribution in [0.4, 0.5) is 13.2 Å². The number of rotatable bonds is 4. The number of aliphatic hydroxyl groups excluding tert-OH is 1. The van der Waals surface area contributed by atoms with E-state index >= 15 is 0 Å². The molecule has 1 atom stereocenters. The molecular formula is C10H17F3O3. The first-order valence-corrected chi connectivity index (χ1v) is 5.34. The average Bonchev–Trinajstić information content (AvgIpc) is 2.18. The van der Waals surface area contributed by atoms with Gasteiger partial charge in [-0.3, -0.25) is 0 Å². The van der Waals surface area contributed by atoms with Gasteiger partial charge >= 0.3 is 6.18 Å². The van der Waals surface area contributed by atoms with E-state index < -0.39 is 18.9 Å². The molecule has 0 amide bonds. The topological polar surface area (TPSA) is 38.7 Å². The lowest BCUT2D eigenvalue weighted by Crippen LogP contribution is -2.32. The van der Waals surface area contributed by atoms with Crippen molar-refractivity contribution in [1.82, 2.24) is 0 Å². The van der Waals surface area contributed by atoms with Crippen LogP contribution < -0.4 is 0 Å². The van der Waals surface area contributed by atoms with Crippen molar-refractivity contribution >= 4 is 0 Å². The highest BCUT2D eigenvalue weighted by Gasteiger charge is 2.34. The van der Waals surface area contributed by atoms with Gasteiger partial charge in [-0.25, -0.2) is 0 Å². The van der Waals surface area contributed by atoms with Gasteiger partial charge in [0.15, 0.2) is 6.29 Å². The Kier molecular flexibility index (Phi) is 5.01. The summed E-state index contributed by atoms with van der Waals surface area (Å²) >= 11 is 0. The highest BCUT2D eigenvalue weighted by Crippen LogP contribution is 2.27. The van der Waals surface area contributed by atoms with Crippen LogP contribution in [0.3, 0.4) is 0 Å². The van der Waals surface area contributed by atoms with Crippen molar-refractivity contribution in [3.05, 3.63) is 0 Å². The molecule has 0 aromatic heterocycles. The number of hydrogen-bond donors (Lipinski definition) is 1. The highest BCUT2D eigenvalue weighted by molar-refractivity contribution is 4.72. The summed E-state index contributed by atoms with van der Waals surface area (Å²) in [6.07, 6.45) is -4.88. The number of hydrogen-bond acceptors (Lipinski definition) is 3. The number of alkyl halides is 3. The van der Waals surface area contributed by atoms with E-state index in [1.807, 2.05) is 0 Å². The van der Waals surface area contributed by atoms with Gasteiger partial charge in [-0.1, -0.05) is 0 Å². The zero-order chi connectivity index (χ0) is 12.2. The fraction of sp³-hybridized carbons (Fsp3) is 1.00. The Bertz CT molecular complexity index is 200. The number of methoxy groups -OCH3 is 1. The van der Waals surface area contributed by atoms with Gasteiger partial charge in [0.1, 0.15) is 0 Å². The standard InChI is InChI=1S/C10H17F3O3/c1-15-9(6-10(11,12)13)16-8-4-2-7(14)3-5-8/h7-9,14H,2-6H2,1H3. The molecule has 0 aromatic rings. The van der Waals surface area contributed by atoms with Crippen LogP contribution in [0, 0.1) is 0 Å². The Hall–Kier alpha value is -0.330. The van der Waals surface area contributed by atoms with Crippen molar-refractivity contribution in [3.8, 4) is 0 Å². The number of halogens is 3. The van der Waals surface area contributed by atoms with E-state index in [0.717, 1.165) is 0 Å². The van der Waals surface area contributed by atoms with Crippen molar-refractivity contribution < 1.29 is 27.8 Å². The smallest absolute Gasteiger partial charge is 0.393 e. The first-order chi connectivity index (χ1) is 7.40. The third kappa shape index (κ3) is 5.14. The van der Waals surface area contributed by atoms with Crippen LogP contribution in [-0.4, -0.2) is 36.9 Å². The molecule has 1 aliphatic rings. The zero-order valence-corrected chi connectivity index (χ0v) is 9.17. The van der Waals surface area contributed by atoms with Crippen LogP contribution in [0.25, 0.3) is 0 Å². The van der Waals surface area contributed by atoms with E-state index in [-0.39, 0.29) is 12.2 Å². The third-order valence-corrected chi connectivity index (χ3v) is 2.65. The number of ether oxygens (including phenoxy) is 2. The predicted molar refractivity (Wildman–Crippen MR) is 50.8 cm³/mol. The maximum absolute atomic E-state index is 12.1. The summed E-state index contributed by atoms with van der Waals surface area (Å²) in [5.74, 6) is 0. The molecule has 0 aromatic carbocycles. The van der Waals surface area contributed by atoms with Crippen LogP contribution in [0.1, 0.15) is 32.1 Å². The first-order valence-electron chi connectivity index (χ1n) is 5.34. The molecule has 1 saturated carbocycles. The Balaban J connectivity index is 2.33. The van der Waals surface area contributed by atoms with E-state index in [0.29, 0.717) is 25.7 Å². The van der Waals surface area contributed by atoms with Gasteiger partial charge in [0, 0.05) is 7.11 Å². The molecule has 96 valence electrons. The van der Waals surface area contributed by atoms with Crippen molar-refractivity contribution in [2.24, 2.45) is 0 Å². The van der Waals surface area contributed by atoms with Gasteiger partial charge in [-0.15, -0.1) is 0 Å². The first kappa shape index (κ1) is 13.7. The number of aliphatic hydroxyl groups is 1. The minimum Gasteiger partial charge on any atom is -0.393 e. The maximum Gasteiger partial charge on any atom is 0.393 e. The summed E-state index contributed by atoms with van der Waals surface area (Å²) < 4.78 is 46.2. The normalized spacial score (nSPS) is 29.1. The molecule has 0 bridgehead atoms. The molecule has 0 spiro atoms. The lowest BCUT2D eigenvalue weighted by molar-refractivity contribution is -0.231. The van der Waals surface area contributed by atoms with Gasteiger partial charge in [0.2, 0.25) is 0 Å². The lowest BCUT2D eigenvalue weighted by atomic mass is 9.95. The van der Waals surface area contributed by atoms with Gasteiger partial charge in [-0.05, 0) is 25.7 Å². The molecule has 1 unspecified atom stereocenters. The minimum atomic E-state index is -4.28. The van der Waals surface area contributed by atoms with Crippen LogP contribution in [0.15, 0.2) is 0 Å². The van der Waals surface area contributed by atoms with Gasteiger partial charge in [-0.2, -0.15) is 13.2 Å². The Morgan fingerprint density at radius 3 is 2.25 bits per heavy atom. The van der Waals surface area contributed by atoms with E-state index in [2.05, 4.69) is 4.74 Å². The summed E-state index contributed by atoms with van der Waals surface area (Å²) in [4.78, 5) is 0. The van der Waals surface area contributed by atoms with Gasteiger partial charge in [0.25, 0.3) is 0 Å². The molecule has 3 nitrogen and oxygen atoms in total. The second-order valence-electron chi connectivity index (χ2n) is 4.05. The van der Waals surface area contributed by atoms with Crippen molar-refractivity contribution in [2.75, 3.05) is 7.11 Å². The van der Waals surface area contributed by atoms with Gasteiger partial charge in [0.05, 0.1) is 18.6 Å². The molecule has 6 heteroatoms. The zero-order valence-electron chi connectivity index (χ0n) is 9.17. The van der Waals surface area contributed by atoms with E-state index in [4.69, 9.17) is 4.74 Å². The van der Waals surface area contributed by atoms with E-state index in [1.54, 1.807) is 0 Å². The fourth-order valence-electron chi connectivity index (χ4n) is 1.77. The molecule has 1 aliphatic carbocycles. The largest absolute Gasteiger partial charge is 0.393 e. The van der Waals surface area contributed by atoms with Gasteiger partial charge < -0.3 is 14.6 Å². The summed E-state index contributed by atoms with van der Waals surface area (Å²) in [6, 6.07) is 0. The Morgan fingerprint density at radius 1 is 1.25 bits per heavy atom. The van der Waals surface area contributed by atoms with Crippen molar-refractivity contribution in [3.63, 3.8) is 0 Å². The Labute approximate surface area is 92.5 Å². The summed E-state index contributed by atoms with van der Waals surface area (Å²) in [5, 5.41) is 9.24. The molecule has 1 rings (SSSR count). The molecule has 1 fully saturated rings. The summed E-state index contributed by atoms with van der Waals surface area (Å²) in [7, 11) is 1.20. The van der Waals surface area contributed by atoms with Crippen LogP contribution in [0.5, 0.6) is 0 Å². The van der Waals surface area contributed by atoms with Crippen LogP contribution in [-0.2, 0) is 9.47 Å². The molecular weight excluding hydrogens is 225 g/mol. The predicted octanol–water partition coefficient (Wildman–Crippen LogP) is 2.23. The SMILES string of the molecule is COC(CC(F)(F)F)OC1CCC(O)CC1. The summed E-state index contributed by atoms with van der Waals surface area (Å²) in [5.41, 5.74) is 0. The Morgan fingerprint density at radius 2 is 1.81 bits per heavy atom. The fourth-order valence-corrected chi connectivity index (χ4v) is 1.77. The minimum absolute atomic E-state index is 0.240. The molecule has 0 radical (unpaired) electrons. The molecule has 0 saturated heterocycles. The third-order valence-electron chi connectivity index (χ3n) is 2.65. The molecule has 1 N–H and O–H groups in total. The maximum atomic E-state index is 12.1. The quantitative estimate of drug-likeness (QED) is 0.768. The molecule has 16 heavy (non-hydrogen) atoms. The monoisotopic (exact) mass is 242 g/mol. The van der Waals surface area contributed by atoms with E-state index in [9.17, 15) is 18.3 Å². The van der Waals surface area contributed by atoms with Crippen LogP contribution >= 0.6 is 0 Å². The van der Waals surface area contributed by atoms with Crippen molar-refractivity contribution in [1.29, 1.82) is 0 Å². The highest BCUT2D eigenvalue weighted by atomic mass is 19.4. The summed E-state index contributed by atoms with van der Waals surface area (Å²) in [6.45, 7) is 0. The average molecular weight is 242 g/mol. The molecule has 0 aliphatic heterocycles.